The molecule has 3 aromatic rings. The molecule has 128 valence electrons. The van der Waals surface area contributed by atoms with Gasteiger partial charge in [-0.3, -0.25) is 9.78 Å². The third-order valence-electron chi connectivity index (χ3n) is 3.59. The van der Waals surface area contributed by atoms with Gasteiger partial charge in [-0.25, -0.2) is 0 Å². The van der Waals surface area contributed by atoms with Gasteiger partial charge in [0.2, 0.25) is 11.8 Å². The fourth-order valence-corrected chi connectivity index (χ4v) is 2.23. The maximum absolute atomic E-state index is 12.0. The molecule has 0 spiro atoms. The lowest BCUT2D eigenvalue weighted by atomic mass is 10.1. The normalized spacial score (nSPS) is 10.4. The third kappa shape index (κ3) is 4.63. The van der Waals surface area contributed by atoms with E-state index >= 15 is 0 Å². The summed E-state index contributed by atoms with van der Waals surface area (Å²) in [5.74, 6) is 1.41. The molecule has 1 N–H and O–H groups in total. The Morgan fingerprint density at radius 3 is 2.72 bits per heavy atom. The minimum atomic E-state index is -0.0756. The van der Waals surface area contributed by atoms with E-state index in [2.05, 4.69) is 20.5 Å². The first-order chi connectivity index (χ1) is 12.2. The van der Waals surface area contributed by atoms with Gasteiger partial charge in [-0.05, 0) is 36.2 Å². The van der Waals surface area contributed by atoms with Gasteiger partial charge < -0.3 is 14.5 Å². The van der Waals surface area contributed by atoms with Gasteiger partial charge in [-0.15, -0.1) is 10.2 Å². The SMILES string of the molecule is COc1ccc(CCC(=O)NCc2nnc(-c3ccccn3)o2)cc1. The zero-order valence-electron chi connectivity index (χ0n) is 13.8. The van der Waals surface area contributed by atoms with Gasteiger partial charge in [-0.2, -0.15) is 0 Å². The first kappa shape index (κ1) is 16.6. The second kappa shape index (κ2) is 8.05. The Balaban J connectivity index is 1.46. The average Bonchev–Trinajstić information content (AvgIpc) is 3.15. The van der Waals surface area contributed by atoms with Gasteiger partial charge in [0.05, 0.1) is 13.7 Å². The molecule has 0 unspecified atom stereocenters. The molecule has 0 radical (unpaired) electrons. The topological polar surface area (TPSA) is 90.1 Å². The smallest absolute Gasteiger partial charge is 0.266 e. The summed E-state index contributed by atoms with van der Waals surface area (Å²) in [4.78, 5) is 16.1. The lowest BCUT2D eigenvalue weighted by Crippen LogP contribution is -2.23. The first-order valence-corrected chi connectivity index (χ1v) is 7.88. The van der Waals surface area contributed by atoms with E-state index in [0.717, 1.165) is 11.3 Å². The van der Waals surface area contributed by atoms with E-state index in [1.807, 2.05) is 36.4 Å². The van der Waals surface area contributed by atoms with Gasteiger partial charge in [0.15, 0.2) is 0 Å². The van der Waals surface area contributed by atoms with Crippen molar-refractivity contribution in [3.05, 3.63) is 60.1 Å². The number of amides is 1. The van der Waals surface area contributed by atoms with Crippen LogP contribution in [0.1, 0.15) is 17.9 Å². The molecule has 0 saturated heterocycles. The molecule has 0 aliphatic heterocycles. The average molecular weight is 338 g/mol. The maximum Gasteiger partial charge on any atom is 0.266 e. The standard InChI is InChI=1S/C18H18N4O3/c1-24-14-8-5-13(6-9-14)7-10-16(23)20-12-17-21-22-18(25-17)15-4-2-3-11-19-15/h2-6,8-9,11H,7,10,12H2,1H3,(H,20,23). The summed E-state index contributed by atoms with van der Waals surface area (Å²) in [6, 6.07) is 13.1. The van der Waals surface area contributed by atoms with E-state index in [1.54, 1.807) is 19.4 Å². The molecule has 0 aliphatic rings. The second-order valence-electron chi connectivity index (χ2n) is 5.34. The molecule has 1 amide bonds. The van der Waals surface area contributed by atoms with Gasteiger partial charge in [0.1, 0.15) is 11.4 Å². The van der Waals surface area contributed by atoms with E-state index in [-0.39, 0.29) is 12.5 Å². The summed E-state index contributed by atoms with van der Waals surface area (Å²) < 4.78 is 10.6. The van der Waals surface area contributed by atoms with Crippen molar-refractivity contribution >= 4 is 5.91 Å². The van der Waals surface area contributed by atoms with E-state index in [4.69, 9.17) is 9.15 Å². The van der Waals surface area contributed by atoms with Crippen LogP contribution in [0, 0.1) is 0 Å². The number of methoxy groups -OCH3 is 1. The lowest BCUT2D eigenvalue weighted by molar-refractivity contribution is -0.121. The maximum atomic E-state index is 12.0. The van der Waals surface area contributed by atoms with Crippen LogP contribution in [0.2, 0.25) is 0 Å². The van der Waals surface area contributed by atoms with Crippen LogP contribution in [0.4, 0.5) is 0 Å². The van der Waals surface area contributed by atoms with Crippen LogP contribution >= 0.6 is 0 Å². The number of ether oxygens (including phenoxy) is 1. The van der Waals surface area contributed by atoms with Gasteiger partial charge in [-0.1, -0.05) is 18.2 Å². The molecule has 7 nitrogen and oxygen atoms in total. The Morgan fingerprint density at radius 1 is 1.16 bits per heavy atom. The molecule has 25 heavy (non-hydrogen) atoms. The molecule has 0 atom stereocenters. The highest BCUT2D eigenvalue weighted by atomic mass is 16.5. The summed E-state index contributed by atoms with van der Waals surface area (Å²) in [6.07, 6.45) is 2.69. The number of hydrogen-bond donors (Lipinski definition) is 1. The summed E-state index contributed by atoms with van der Waals surface area (Å²) in [7, 11) is 1.62. The van der Waals surface area contributed by atoms with Crippen molar-refractivity contribution in [2.24, 2.45) is 0 Å². The third-order valence-corrected chi connectivity index (χ3v) is 3.59. The van der Waals surface area contributed by atoms with Crippen LogP contribution in [0.3, 0.4) is 0 Å². The van der Waals surface area contributed by atoms with Crippen molar-refractivity contribution in [3.63, 3.8) is 0 Å². The minimum Gasteiger partial charge on any atom is -0.497 e. The number of benzene rings is 1. The molecule has 0 bridgehead atoms. The number of nitrogens with one attached hydrogen (secondary N) is 1. The van der Waals surface area contributed by atoms with Gasteiger partial charge >= 0.3 is 0 Å². The van der Waals surface area contributed by atoms with Crippen LogP contribution in [-0.4, -0.2) is 28.2 Å². The van der Waals surface area contributed by atoms with Gasteiger partial charge in [0, 0.05) is 12.6 Å². The summed E-state index contributed by atoms with van der Waals surface area (Å²) in [5.41, 5.74) is 1.68. The van der Waals surface area contributed by atoms with Crippen molar-refractivity contribution in [3.8, 4) is 17.3 Å². The lowest BCUT2D eigenvalue weighted by Gasteiger charge is -2.04. The van der Waals surface area contributed by atoms with Crippen LogP contribution in [0.25, 0.3) is 11.6 Å². The highest BCUT2D eigenvalue weighted by molar-refractivity contribution is 5.76. The van der Waals surface area contributed by atoms with Crippen molar-refractivity contribution in [1.29, 1.82) is 0 Å². The highest BCUT2D eigenvalue weighted by Crippen LogP contribution is 2.14. The summed E-state index contributed by atoms with van der Waals surface area (Å²) in [5, 5.41) is 10.6. The zero-order chi connectivity index (χ0) is 17.5. The predicted molar refractivity (Wildman–Crippen MR) is 90.7 cm³/mol. The highest BCUT2D eigenvalue weighted by Gasteiger charge is 2.10. The zero-order valence-corrected chi connectivity index (χ0v) is 13.8. The fourth-order valence-electron chi connectivity index (χ4n) is 2.23. The Morgan fingerprint density at radius 2 is 2.00 bits per heavy atom. The van der Waals surface area contributed by atoms with Crippen molar-refractivity contribution < 1.29 is 13.9 Å². The molecule has 3 rings (SSSR count). The molecule has 1 aromatic carbocycles. The monoisotopic (exact) mass is 338 g/mol. The largest absolute Gasteiger partial charge is 0.497 e. The van der Waals surface area contributed by atoms with Crippen molar-refractivity contribution in [2.45, 2.75) is 19.4 Å². The number of pyridine rings is 1. The number of nitrogens with zero attached hydrogens (tertiary/aromatic N) is 3. The van der Waals surface area contributed by atoms with Crippen LogP contribution < -0.4 is 10.1 Å². The van der Waals surface area contributed by atoms with E-state index in [9.17, 15) is 4.79 Å². The summed E-state index contributed by atoms with van der Waals surface area (Å²) in [6.45, 7) is 0.196. The molecule has 2 heterocycles. The molecular weight excluding hydrogens is 320 g/mol. The fraction of sp³-hybridized carbons (Fsp3) is 0.222. The molecule has 0 saturated carbocycles. The quantitative estimate of drug-likeness (QED) is 0.711. The van der Waals surface area contributed by atoms with Crippen molar-refractivity contribution in [1.82, 2.24) is 20.5 Å². The first-order valence-electron chi connectivity index (χ1n) is 7.88. The van der Waals surface area contributed by atoms with E-state index in [1.165, 1.54) is 0 Å². The number of hydrogen-bond acceptors (Lipinski definition) is 6. The second-order valence-corrected chi connectivity index (χ2v) is 5.34. The van der Waals surface area contributed by atoms with E-state index < -0.39 is 0 Å². The van der Waals surface area contributed by atoms with Crippen LogP contribution in [0.5, 0.6) is 5.75 Å². The number of rotatable bonds is 7. The van der Waals surface area contributed by atoms with Crippen LogP contribution in [0.15, 0.2) is 53.1 Å². The Labute approximate surface area is 145 Å². The number of carbonyl (C=O) groups is 1. The predicted octanol–water partition coefficient (Wildman–Crippen LogP) is 2.39. The van der Waals surface area contributed by atoms with Gasteiger partial charge in [0.25, 0.3) is 5.89 Å². The molecule has 0 aliphatic carbocycles. The molecule has 2 aromatic heterocycles. The Kier molecular flexibility index (Phi) is 5.36. The summed E-state index contributed by atoms with van der Waals surface area (Å²) >= 11 is 0. The number of aryl methyl sites for hydroxylation is 1. The Hall–Kier alpha value is -3.22. The van der Waals surface area contributed by atoms with Crippen molar-refractivity contribution in [2.75, 3.05) is 7.11 Å². The number of carbonyl (C=O) groups excluding carboxylic acids is 1. The molecule has 0 fully saturated rings. The van der Waals surface area contributed by atoms with Crippen LogP contribution in [-0.2, 0) is 17.8 Å². The number of aromatic nitrogens is 3. The van der Waals surface area contributed by atoms with E-state index in [0.29, 0.717) is 30.3 Å². The molecule has 7 heteroatoms. The molecular formula is C18H18N4O3. The Bertz CT molecular complexity index is 816. The minimum absolute atomic E-state index is 0.0756.